The summed E-state index contributed by atoms with van der Waals surface area (Å²) in [5.74, 6) is -67.1. The topological polar surface area (TPSA) is 57.2 Å². The molecule has 4 nitrogen and oxygen atoms in total. The molecule has 0 N–H and O–H groups in total. The van der Waals surface area contributed by atoms with Gasteiger partial charge in [0.05, 0.1) is 26.2 Å². The van der Waals surface area contributed by atoms with Gasteiger partial charge in [-0.1, -0.05) is 13.3 Å². The highest BCUT2D eigenvalue weighted by Crippen LogP contribution is 2.65. The van der Waals surface area contributed by atoms with Crippen molar-refractivity contribution in [2.45, 2.75) is 100 Å². The molecule has 23 heteroatoms. The first kappa shape index (κ1) is 43.7. The van der Waals surface area contributed by atoms with Crippen molar-refractivity contribution >= 4 is 10.1 Å². The number of hydrogen-bond acceptors (Lipinski definition) is 3. The van der Waals surface area contributed by atoms with Crippen LogP contribution >= 0.6 is 0 Å². The lowest BCUT2D eigenvalue weighted by molar-refractivity contribution is -0.921. The summed E-state index contributed by atoms with van der Waals surface area (Å²) in [5.41, 5.74) is 0. The Morgan fingerprint density at radius 1 is 0.465 bits per heavy atom. The summed E-state index contributed by atoms with van der Waals surface area (Å²) < 4.78 is 270. The van der Waals surface area contributed by atoms with Crippen LogP contribution in [0.3, 0.4) is 0 Å². The predicted octanol–water partition coefficient (Wildman–Crippen LogP) is 7.89. The third-order valence-electron chi connectivity index (χ3n) is 6.75. The highest BCUT2D eigenvalue weighted by molar-refractivity contribution is 7.86. The zero-order chi connectivity index (χ0) is 35.7. The van der Waals surface area contributed by atoms with E-state index in [0.29, 0.717) is 6.92 Å². The Morgan fingerprint density at radius 3 is 0.884 bits per heavy atom. The fraction of sp³-hybridized carbons (Fsp3) is 1.00. The molecule has 0 spiro atoms. The van der Waals surface area contributed by atoms with Crippen molar-refractivity contribution in [2.75, 3.05) is 26.2 Å². The number of hydrogen-bond donors (Lipinski definition) is 0. The smallest absolute Gasteiger partial charge is 0.402 e. The fourth-order valence-corrected chi connectivity index (χ4v) is 3.81. The van der Waals surface area contributed by atoms with Crippen LogP contribution < -0.4 is 0 Å². The van der Waals surface area contributed by atoms with E-state index in [-0.39, 0.29) is 0 Å². The minimum Gasteiger partial charge on any atom is -0.743 e. The molecular formula is C20H27F18NO3S. The van der Waals surface area contributed by atoms with Crippen LogP contribution in [0.1, 0.15) is 47.5 Å². The molecule has 0 saturated carbocycles. The Morgan fingerprint density at radius 2 is 0.698 bits per heavy atom. The molecule has 262 valence electrons. The molecule has 0 aliphatic rings. The molecule has 0 fully saturated rings. The zero-order valence-corrected chi connectivity index (χ0v) is 23.4. The standard InChI is InChI=1S/C12H8F18O3S.C8H20N/c1-2-3-4(13,14)5(15,16)6(17,18)7(19,20)8(21,22)9(23,24)10(25,26)11(27,28)12(29,30)34(31,32)33;1-5-9(6-2,7-3)8-4/h2-3H2,1H3,(H,31,32,33);5-8H2,1-4H3/q;+1/p-1. The third kappa shape index (κ3) is 6.62. The summed E-state index contributed by atoms with van der Waals surface area (Å²) in [6, 6.07) is 0. The van der Waals surface area contributed by atoms with E-state index in [1.807, 2.05) is 0 Å². The predicted molar refractivity (Wildman–Crippen MR) is 112 cm³/mol. The zero-order valence-electron chi connectivity index (χ0n) is 22.6. The van der Waals surface area contributed by atoms with Crippen LogP contribution in [0.2, 0.25) is 0 Å². The molecule has 0 aromatic heterocycles. The molecule has 0 heterocycles. The van der Waals surface area contributed by atoms with E-state index in [1.54, 1.807) is 0 Å². The Bertz CT molecular complexity index is 1010. The van der Waals surface area contributed by atoms with E-state index in [2.05, 4.69) is 27.7 Å². The average Bonchev–Trinajstić information content (AvgIpc) is 2.84. The van der Waals surface area contributed by atoms with Gasteiger partial charge in [-0.2, -0.15) is 79.0 Å². The van der Waals surface area contributed by atoms with Crippen LogP contribution in [-0.4, -0.2) is 96.3 Å². The van der Waals surface area contributed by atoms with Crippen LogP contribution in [0.5, 0.6) is 0 Å². The number of rotatable bonds is 15. The highest BCUT2D eigenvalue weighted by Gasteiger charge is 2.96. The fourth-order valence-electron chi connectivity index (χ4n) is 3.37. The summed E-state index contributed by atoms with van der Waals surface area (Å²) in [6.07, 6.45) is -3.82. The SMILES string of the molecule is CCCC(F)(F)C(F)(F)C(F)(F)C(F)(F)C(F)(F)C(F)(F)C(F)(F)C(F)(F)C(F)(F)S(=O)(=O)[O-].CC[N+](CC)(CC)CC. The summed E-state index contributed by atoms with van der Waals surface area (Å²) in [6.45, 7) is 14.7. The van der Waals surface area contributed by atoms with Crippen molar-refractivity contribution in [1.29, 1.82) is 0 Å². The molecule has 0 bridgehead atoms. The van der Waals surface area contributed by atoms with Gasteiger partial charge in [0.15, 0.2) is 10.1 Å². The van der Waals surface area contributed by atoms with Gasteiger partial charge in [-0.3, -0.25) is 0 Å². The first-order valence-electron chi connectivity index (χ1n) is 11.8. The van der Waals surface area contributed by atoms with E-state index >= 15 is 0 Å². The second-order valence-corrected chi connectivity index (χ2v) is 10.5. The molecule has 0 aliphatic carbocycles. The van der Waals surface area contributed by atoms with Crippen molar-refractivity contribution in [2.24, 2.45) is 0 Å². The first-order valence-corrected chi connectivity index (χ1v) is 13.2. The van der Waals surface area contributed by atoms with Crippen LogP contribution in [0, 0.1) is 0 Å². The van der Waals surface area contributed by atoms with Gasteiger partial charge in [0.1, 0.15) is 0 Å². The second kappa shape index (κ2) is 12.8. The second-order valence-electron chi connectivity index (χ2n) is 9.05. The molecule has 0 aliphatic heterocycles. The molecule has 43 heavy (non-hydrogen) atoms. The van der Waals surface area contributed by atoms with Crippen LogP contribution in [0.25, 0.3) is 0 Å². The van der Waals surface area contributed by atoms with Crippen molar-refractivity contribution in [3.05, 3.63) is 0 Å². The molecule has 0 aromatic carbocycles. The normalized spacial score (nSPS) is 15.7. The third-order valence-corrected chi connectivity index (χ3v) is 7.64. The monoisotopic (exact) mass is 703 g/mol. The van der Waals surface area contributed by atoms with Gasteiger partial charge >= 0.3 is 52.6 Å². The Labute approximate surface area is 233 Å². The average molecular weight is 703 g/mol. The van der Waals surface area contributed by atoms with Gasteiger partial charge in [0.2, 0.25) is 0 Å². The molecule has 0 aromatic rings. The van der Waals surface area contributed by atoms with E-state index < -0.39 is 75.6 Å². The van der Waals surface area contributed by atoms with Gasteiger partial charge in [-0.15, -0.1) is 0 Å². The lowest BCUT2D eigenvalue weighted by Crippen LogP contribution is -2.76. The molecule has 0 radical (unpaired) electrons. The van der Waals surface area contributed by atoms with Crippen molar-refractivity contribution < 1.29 is 96.5 Å². The van der Waals surface area contributed by atoms with Gasteiger partial charge in [-0.05, 0) is 27.7 Å². The Kier molecular flexibility index (Phi) is 13.0. The molecule has 0 rings (SSSR count). The number of halogens is 18. The van der Waals surface area contributed by atoms with E-state index in [1.165, 1.54) is 30.7 Å². The van der Waals surface area contributed by atoms with Gasteiger partial charge in [0.25, 0.3) is 0 Å². The van der Waals surface area contributed by atoms with E-state index in [9.17, 15) is 92.0 Å². The summed E-state index contributed by atoms with van der Waals surface area (Å²) in [5, 5.41) is -8.01. The first-order chi connectivity index (χ1) is 18.6. The van der Waals surface area contributed by atoms with Crippen molar-refractivity contribution in [1.82, 2.24) is 0 Å². The van der Waals surface area contributed by atoms with Crippen LogP contribution in [0.15, 0.2) is 0 Å². The van der Waals surface area contributed by atoms with Gasteiger partial charge in [-0.25, -0.2) is 8.42 Å². The van der Waals surface area contributed by atoms with Crippen LogP contribution in [0.4, 0.5) is 79.0 Å². The lowest BCUT2D eigenvalue weighted by Gasteiger charge is -2.44. The minimum atomic E-state index is -9.03. The van der Waals surface area contributed by atoms with Gasteiger partial charge < -0.3 is 9.04 Å². The molecule has 0 unspecified atom stereocenters. The van der Waals surface area contributed by atoms with Crippen LogP contribution in [-0.2, 0) is 10.1 Å². The Hall–Kier alpha value is -1.39. The highest BCUT2D eigenvalue weighted by atomic mass is 32.2. The number of alkyl halides is 18. The number of nitrogens with zero attached hydrogens (tertiary/aromatic N) is 1. The summed E-state index contributed by atoms with van der Waals surface area (Å²) in [7, 11) is -8.21. The van der Waals surface area contributed by atoms with E-state index in [0.717, 1.165) is 0 Å². The maximum absolute atomic E-state index is 13.5. The summed E-state index contributed by atoms with van der Waals surface area (Å²) >= 11 is 0. The molecule has 0 atom stereocenters. The maximum atomic E-state index is 13.5. The lowest BCUT2D eigenvalue weighted by atomic mass is 9.87. The van der Waals surface area contributed by atoms with Crippen molar-refractivity contribution in [3.63, 3.8) is 0 Å². The van der Waals surface area contributed by atoms with E-state index in [4.69, 9.17) is 0 Å². The number of quaternary nitrogens is 1. The minimum absolute atomic E-state index is 0.496. The summed E-state index contributed by atoms with van der Waals surface area (Å²) in [4.78, 5) is 0. The molecule has 0 saturated heterocycles. The quantitative estimate of drug-likeness (QED) is 0.0991. The molecule has 0 amide bonds. The van der Waals surface area contributed by atoms with Crippen molar-refractivity contribution in [3.8, 4) is 0 Å². The molecular weight excluding hydrogens is 676 g/mol. The van der Waals surface area contributed by atoms with Gasteiger partial charge in [0, 0.05) is 6.42 Å². The maximum Gasteiger partial charge on any atom is 0.402 e. The Balaban J connectivity index is 0. The largest absolute Gasteiger partial charge is 0.743 e.